The minimum Gasteiger partial charge on any atom is -0.507 e. The Morgan fingerprint density at radius 1 is 1.06 bits per heavy atom. The van der Waals surface area contributed by atoms with E-state index in [4.69, 9.17) is 21.1 Å². The Kier molecular flexibility index (Phi) is 5.83. The van der Waals surface area contributed by atoms with Gasteiger partial charge in [-0.1, -0.05) is 11.6 Å². The third kappa shape index (κ3) is 3.67. The molecular formula is C24H19ClN2O5. The lowest BCUT2D eigenvalue weighted by Crippen LogP contribution is -2.29. The fourth-order valence-corrected chi connectivity index (χ4v) is 3.82. The number of ketones is 1. The summed E-state index contributed by atoms with van der Waals surface area (Å²) in [4.78, 5) is 31.7. The molecule has 4 rings (SSSR count). The first kappa shape index (κ1) is 21.4. The number of Topliss-reactive ketones (excluding diaryl/α,β-unsaturated/α-hetero) is 1. The number of hydrogen-bond donors (Lipinski definition) is 1. The van der Waals surface area contributed by atoms with E-state index in [-0.39, 0.29) is 11.3 Å². The first-order valence-corrected chi connectivity index (χ1v) is 10.0. The van der Waals surface area contributed by atoms with Crippen molar-refractivity contribution < 1.29 is 24.2 Å². The number of rotatable bonds is 5. The lowest BCUT2D eigenvalue weighted by Gasteiger charge is -2.26. The summed E-state index contributed by atoms with van der Waals surface area (Å²) in [5.41, 5.74) is 1.21. The molecule has 7 nitrogen and oxygen atoms in total. The van der Waals surface area contributed by atoms with Gasteiger partial charge in [0, 0.05) is 28.4 Å². The highest BCUT2D eigenvalue weighted by molar-refractivity contribution is 6.51. The van der Waals surface area contributed by atoms with Crippen LogP contribution in [0.5, 0.6) is 11.5 Å². The molecule has 2 aromatic carbocycles. The fourth-order valence-electron chi connectivity index (χ4n) is 3.70. The molecule has 3 aromatic rings. The molecular weight excluding hydrogens is 432 g/mol. The number of nitrogens with zero attached hydrogens (tertiary/aromatic N) is 2. The van der Waals surface area contributed by atoms with Gasteiger partial charge in [0.2, 0.25) is 0 Å². The van der Waals surface area contributed by atoms with Gasteiger partial charge in [-0.2, -0.15) is 0 Å². The minimum atomic E-state index is -0.948. The monoisotopic (exact) mass is 450 g/mol. The van der Waals surface area contributed by atoms with Gasteiger partial charge in [-0.05, 0) is 48.5 Å². The number of carbonyl (C=O) groups is 2. The standard InChI is InChI=1S/C24H19ClN2O5/c1-31-17-9-10-18(19(12-17)32-2)21-20(22(28)14-5-7-15(25)8-6-14)23(29)24(30)27(21)16-4-3-11-26-13-16/h3-13,21,28H,1-2H3. The van der Waals surface area contributed by atoms with Crippen molar-refractivity contribution >= 4 is 34.7 Å². The molecule has 1 saturated heterocycles. The van der Waals surface area contributed by atoms with Crippen molar-refractivity contribution in [2.24, 2.45) is 0 Å². The van der Waals surface area contributed by atoms with Crippen molar-refractivity contribution in [3.63, 3.8) is 0 Å². The smallest absolute Gasteiger partial charge is 0.300 e. The number of ether oxygens (including phenoxy) is 2. The first-order chi connectivity index (χ1) is 15.5. The first-order valence-electron chi connectivity index (χ1n) is 9.65. The predicted octanol–water partition coefficient (Wildman–Crippen LogP) is 4.38. The van der Waals surface area contributed by atoms with E-state index in [0.29, 0.717) is 33.3 Å². The highest BCUT2D eigenvalue weighted by Gasteiger charge is 2.48. The van der Waals surface area contributed by atoms with E-state index in [1.807, 2.05) is 0 Å². The maximum Gasteiger partial charge on any atom is 0.300 e. The second-order valence-corrected chi connectivity index (χ2v) is 7.43. The third-order valence-electron chi connectivity index (χ3n) is 5.22. The number of methoxy groups -OCH3 is 2. The van der Waals surface area contributed by atoms with Crippen LogP contribution in [-0.2, 0) is 9.59 Å². The largest absolute Gasteiger partial charge is 0.507 e. The fraction of sp³-hybridized carbons (Fsp3) is 0.125. The molecule has 1 atom stereocenters. The second-order valence-electron chi connectivity index (χ2n) is 7.00. The van der Waals surface area contributed by atoms with Gasteiger partial charge in [-0.25, -0.2) is 0 Å². The zero-order chi connectivity index (χ0) is 22.8. The predicted molar refractivity (Wildman–Crippen MR) is 120 cm³/mol. The van der Waals surface area contributed by atoms with Gasteiger partial charge in [0.1, 0.15) is 17.3 Å². The van der Waals surface area contributed by atoms with Crippen LogP contribution in [0, 0.1) is 0 Å². The quantitative estimate of drug-likeness (QED) is 0.352. The molecule has 0 aliphatic carbocycles. The van der Waals surface area contributed by atoms with Crippen molar-refractivity contribution in [1.82, 2.24) is 4.98 Å². The molecule has 1 N–H and O–H groups in total. The second kappa shape index (κ2) is 8.72. The highest BCUT2D eigenvalue weighted by atomic mass is 35.5. The summed E-state index contributed by atoms with van der Waals surface area (Å²) in [6.45, 7) is 0. The molecule has 1 unspecified atom stereocenters. The van der Waals surface area contributed by atoms with E-state index in [2.05, 4.69) is 4.98 Å². The van der Waals surface area contributed by atoms with Crippen molar-refractivity contribution in [2.75, 3.05) is 19.1 Å². The topological polar surface area (TPSA) is 89.0 Å². The van der Waals surface area contributed by atoms with Crippen LogP contribution >= 0.6 is 11.6 Å². The number of anilines is 1. The van der Waals surface area contributed by atoms with E-state index in [9.17, 15) is 14.7 Å². The van der Waals surface area contributed by atoms with E-state index < -0.39 is 17.7 Å². The van der Waals surface area contributed by atoms with Gasteiger partial charge in [0.15, 0.2) is 0 Å². The van der Waals surface area contributed by atoms with Gasteiger partial charge < -0.3 is 14.6 Å². The van der Waals surface area contributed by atoms with E-state index in [0.717, 1.165) is 0 Å². The van der Waals surface area contributed by atoms with Crippen LogP contribution in [0.4, 0.5) is 5.69 Å². The summed E-state index contributed by atoms with van der Waals surface area (Å²) in [6.07, 6.45) is 3.05. The molecule has 1 aromatic heterocycles. The molecule has 162 valence electrons. The maximum absolute atomic E-state index is 13.2. The van der Waals surface area contributed by atoms with Crippen molar-refractivity contribution in [2.45, 2.75) is 6.04 Å². The maximum atomic E-state index is 13.2. The molecule has 0 radical (unpaired) electrons. The van der Waals surface area contributed by atoms with Crippen LogP contribution in [0.15, 0.2) is 72.6 Å². The lowest BCUT2D eigenvalue weighted by atomic mass is 9.94. The molecule has 32 heavy (non-hydrogen) atoms. The molecule has 0 bridgehead atoms. The van der Waals surface area contributed by atoms with E-state index >= 15 is 0 Å². The molecule has 2 heterocycles. The highest BCUT2D eigenvalue weighted by Crippen LogP contribution is 2.45. The molecule has 1 aliphatic heterocycles. The molecule has 1 amide bonds. The number of pyridine rings is 1. The number of aliphatic hydroxyl groups excluding tert-OH is 1. The molecule has 0 saturated carbocycles. The van der Waals surface area contributed by atoms with Crippen LogP contribution in [0.2, 0.25) is 5.02 Å². The Balaban J connectivity index is 1.98. The van der Waals surface area contributed by atoms with Gasteiger partial charge in [0.05, 0.1) is 37.7 Å². The van der Waals surface area contributed by atoms with E-state index in [1.165, 1.54) is 25.3 Å². The number of carbonyl (C=O) groups excluding carboxylic acids is 2. The number of aliphatic hydroxyl groups is 1. The zero-order valence-corrected chi connectivity index (χ0v) is 18.0. The van der Waals surface area contributed by atoms with Crippen LogP contribution < -0.4 is 14.4 Å². The van der Waals surface area contributed by atoms with Crippen molar-refractivity contribution in [3.8, 4) is 11.5 Å². The minimum absolute atomic E-state index is 0.0651. The van der Waals surface area contributed by atoms with Crippen molar-refractivity contribution in [3.05, 3.63) is 88.7 Å². The summed E-state index contributed by atoms with van der Waals surface area (Å²) in [5, 5.41) is 11.6. The van der Waals surface area contributed by atoms with Gasteiger partial charge in [-0.15, -0.1) is 0 Å². The summed E-state index contributed by atoms with van der Waals surface area (Å²) < 4.78 is 10.8. The van der Waals surface area contributed by atoms with E-state index in [1.54, 1.807) is 60.8 Å². The normalized spacial score (nSPS) is 17.5. The number of amides is 1. The summed E-state index contributed by atoms with van der Waals surface area (Å²) in [6, 6.07) is 13.8. The Morgan fingerprint density at radius 2 is 1.81 bits per heavy atom. The van der Waals surface area contributed by atoms with Gasteiger partial charge in [0.25, 0.3) is 11.7 Å². The molecule has 1 fully saturated rings. The van der Waals surface area contributed by atoms with Crippen molar-refractivity contribution in [1.29, 1.82) is 0 Å². The number of hydrogen-bond acceptors (Lipinski definition) is 6. The number of aromatic nitrogens is 1. The summed E-state index contributed by atoms with van der Waals surface area (Å²) >= 11 is 5.96. The van der Waals surface area contributed by atoms with Crippen LogP contribution in [-0.4, -0.2) is 36.0 Å². The number of halogens is 1. The summed E-state index contributed by atoms with van der Waals surface area (Å²) in [7, 11) is 3.00. The molecule has 8 heteroatoms. The number of benzene rings is 2. The Morgan fingerprint density at radius 3 is 2.44 bits per heavy atom. The zero-order valence-electron chi connectivity index (χ0n) is 17.3. The average Bonchev–Trinajstić information content (AvgIpc) is 3.09. The lowest BCUT2D eigenvalue weighted by molar-refractivity contribution is -0.132. The summed E-state index contributed by atoms with van der Waals surface area (Å²) in [5.74, 6) is -0.969. The Bertz CT molecular complexity index is 1210. The van der Waals surface area contributed by atoms with Gasteiger partial charge >= 0.3 is 0 Å². The SMILES string of the molecule is COc1ccc(C2C(=C(O)c3ccc(Cl)cc3)C(=O)C(=O)N2c2cccnc2)c(OC)c1. The van der Waals surface area contributed by atoms with Crippen LogP contribution in [0.25, 0.3) is 5.76 Å². The Labute approximate surface area is 189 Å². The van der Waals surface area contributed by atoms with Crippen LogP contribution in [0.1, 0.15) is 17.2 Å². The average molecular weight is 451 g/mol. The Hall–Kier alpha value is -3.84. The molecule has 1 aliphatic rings. The third-order valence-corrected chi connectivity index (χ3v) is 5.47. The van der Waals surface area contributed by atoms with Crippen LogP contribution in [0.3, 0.4) is 0 Å². The van der Waals surface area contributed by atoms with Gasteiger partial charge in [-0.3, -0.25) is 19.5 Å². The molecule has 0 spiro atoms.